The summed E-state index contributed by atoms with van der Waals surface area (Å²) in [6.45, 7) is 7.85. The Labute approximate surface area is 173 Å². The van der Waals surface area contributed by atoms with Crippen LogP contribution in [0.2, 0.25) is 0 Å². The summed E-state index contributed by atoms with van der Waals surface area (Å²) >= 11 is 1.64. The molecule has 0 unspecified atom stereocenters. The number of hydrogen-bond acceptors (Lipinski definition) is 5. The van der Waals surface area contributed by atoms with Crippen LogP contribution in [-0.2, 0) is 4.79 Å². The van der Waals surface area contributed by atoms with Crippen molar-refractivity contribution in [3.63, 3.8) is 0 Å². The molecule has 0 radical (unpaired) electrons. The first-order valence-electron chi connectivity index (χ1n) is 9.29. The van der Waals surface area contributed by atoms with Crippen molar-refractivity contribution in [2.75, 3.05) is 12.4 Å². The monoisotopic (exact) mass is 406 g/mol. The first-order chi connectivity index (χ1) is 13.9. The molecule has 0 saturated heterocycles. The number of carbonyl (C=O) groups excluding carboxylic acids is 1. The molecular weight excluding hydrogens is 384 g/mol. The average Bonchev–Trinajstić information content (AvgIpc) is 3.23. The summed E-state index contributed by atoms with van der Waals surface area (Å²) in [6, 6.07) is 7.79. The highest BCUT2D eigenvalue weighted by atomic mass is 32.1. The van der Waals surface area contributed by atoms with Gasteiger partial charge in [-0.1, -0.05) is 0 Å². The van der Waals surface area contributed by atoms with E-state index < -0.39 is 0 Å². The van der Waals surface area contributed by atoms with Crippen LogP contribution in [0.1, 0.15) is 28.6 Å². The van der Waals surface area contributed by atoms with Crippen molar-refractivity contribution in [2.24, 2.45) is 0 Å². The zero-order valence-corrected chi connectivity index (χ0v) is 17.9. The number of carbonyl (C=O) groups is 1. The molecule has 0 saturated carbocycles. The SMILES string of the molecule is COc1c(/C(C)=C/C(=O)Nc2ccc3sc(C)nc3c2)cc2c(C)coc2c1C. The van der Waals surface area contributed by atoms with E-state index in [1.807, 2.05) is 52.0 Å². The molecule has 0 bridgehead atoms. The van der Waals surface area contributed by atoms with Gasteiger partial charge in [0.25, 0.3) is 0 Å². The fourth-order valence-corrected chi connectivity index (χ4v) is 4.37. The number of hydrogen-bond donors (Lipinski definition) is 1. The zero-order chi connectivity index (χ0) is 20.7. The number of ether oxygens (including phenoxy) is 1. The van der Waals surface area contributed by atoms with Gasteiger partial charge >= 0.3 is 0 Å². The van der Waals surface area contributed by atoms with Crippen LogP contribution in [-0.4, -0.2) is 18.0 Å². The molecule has 2 aromatic heterocycles. The fraction of sp³-hybridized carbons (Fsp3) is 0.217. The van der Waals surface area contributed by atoms with Gasteiger partial charge in [0.05, 0.1) is 28.6 Å². The van der Waals surface area contributed by atoms with Gasteiger partial charge in [-0.15, -0.1) is 11.3 Å². The van der Waals surface area contributed by atoms with E-state index in [0.29, 0.717) is 5.75 Å². The van der Waals surface area contributed by atoms with Gasteiger partial charge in [0, 0.05) is 28.3 Å². The van der Waals surface area contributed by atoms with Gasteiger partial charge in [-0.25, -0.2) is 4.98 Å². The molecule has 4 aromatic rings. The van der Waals surface area contributed by atoms with E-state index in [1.54, 1.807) is 30.8 Å². The molecule has 1 N–H and O–H groups in total. The number of amides is 1. The third-order valence-corrected chi connectivity index (χ3v) is 5.93. The molecule has 0 aliphatic carbocycles. The van der Waals surface area contributed by atoms with E-state index in [2.05, 4.69) is 10.3 Å². The van der Waals surface area contributed by atoms with Gasteiger partial charge in [-0.3, -0.25) is 4.79 Å². The quantitative estimate of drug-likeness (QED) is 0.421. The number of benzene rings is 2. The van der Waals surface area contributed by atoms with E-state index in [4.69, 9.17) is 9.15 Å². The maximum absolute atomic E-state index is 12.6. The molecule has 1 amide bonds. The highest BCUT2D eigenvalue weighted by molar-refractivity contribution is 7.18. The summed E-state index contributed by atoms with van der Waals surface area (Å²) in [7, 11) is 1.63. The van der Waals surface area contributed by atoms with Crippen LogP contribution in [0.25, 0.3) is 26.8 Å². The average molecular weight is 407 g/mol. The van der Waals surface area contributed by atoms with Crippen LogP contribution >= 0.6 is 11.3 Å². The van der Waals surface area contributed by atoms with Crippen LogP contribution in [0, 0.1) is 20.8 Å². The number of aromatic nitrogens is 1. The molecule has 2 aromatic carbocycles. The molecule has 0 atom stereocenters. The summed E-state index contributed by atoms with van der Waals surface area (Å²) in [5.74, 6) is 0.519. The van der Waals surface area contributed by atoms with E-state index in [9.17, 15) is 4.79 Å². The summed E-state index contributed by atoms with van der Waals surface area (Å²) in [5, 5.41) is 4.96. The Morgan fingerprint density at radius 3 is 2.79 bits per heavy atom. The molecule has 29 heavy (non-hydrogen) atoms. The number of nitrogens with zero attached hydrogens (tertiary/aromatic N) is 1. The lowest BCUT2D eigenvalue weighted by atomic mass is 9.98. The number of rotatable bonds is 4. The summed E-state index contributed by atoms with van der Waals surface area (Å²) in [6.07, 6.45) is 3.33. The second-order valence-corrected chi connectivity index (χ2v) is 8.34. The molecule has 0 fully saturated rings. The van der Waals surface area contributed by atoms with Crippen LogP contribution in [0.5, 0.6) is 5.75 Å². The van der Waals surface area contributed by atoms with Gasteiger partial charge in [0.1, 0.15) is 11.3 Å². The minimum atomic E-state index is -0.197. The summed E-state index contributed by atoms with van der Waals surface area (Å²) < 4.78 is 12.4. The van der Waals surface area contributed by atoms with Gasteiger partial charge in [0.2, 0.25) is 5.91 Å². The number of nitrogens with one attached hydrogen (secondary N) is 1. The van der Waals surface area contributed by atoms with Crippen LogP contribution in [0.4, 0.5) is 5.69 Å². The maximum atomic E-state index is 12.6. The standard InChI is InChI=1S/C23H22N2O3S/c1-12(17-10-18-13(2)11-28-23(18)14(3)22(17)27-5)8-21(26)25-16-6-7-20-19(9-16)24-15(4)29-20/h6-11H,1-5H3,(H,25,26)/b12-8+. The van der Waals surface area contributed by atoms with Gasteiger partial charge < -0.3 is 14.5 Å². The Hall–Kier alpha value is -3.12. The van der Waals surface area contributed by atoms with Crippen molar-refractivity contribution in [1.82, 2.24) is 4.98 Å². The Morgan fingerprint density at radius 1 is 1.24 bits per heavy atom. The van der Waals surface area contributed by atoms with Gasteiger partial charge in [0.15, 0.2) is 0 Å². The molecule has 0 aliphatic rings. The molecule has 4 rings (SSSR count). The normalized spacial score (nSPS) is 12.0. The lowest BCUT2D eigenvalue weighted by Gasteiger charge is -2.13. The third kappa shape index (κ3) is 3.51. The van der Waals surface area contributed by atoms with E-state index in [-0.39, 0.29) is 5.91 Å². The number of furan rings is 1. The minimum Gasteiger partial charge on any atom is -0.496 e. The molecule has 148 valence electrons. The van der Waals surface area contributed by atoms with Crippen molar-refractivity contribution in [2.45, 2.75) is 27.7 Å². The Morgan fingerprint density at radius 2 is 2.03 bits per heavy atom. The van der Waals surface area contributed by atoms with Crippen molar-refractivity contribution in [1.29, 1.82) is 0 Å². The Kier molecular flexibility index (Phi) is 4.88. The second-order valence-electron chi connectivity index (χ2n) is 7.11. The van der Waals surface area contributed by atoms with E-state index in [1.165, 1.54) is 0 Å². The maximum Gasteiger partial charge on any atom is 0.248 e. The number of methoxy groups -OCH3 is 1. The Bertz CT molecular complexity index is 1280. The van der Waals surface area contributed by atoms with E-state index in [0.717, 1.165) is 54.1 Å². The largest absolute Gasteiger partial charge is 0.496 e. The van der Waals surface area contributed by atoms with E-state index >= 15 is 0 Å². The lowest BCUT2D eigenvalue weighted by molar-refractivity contribution is -0.111. The van der Waals surface area contributed by atoms with Crippen molar-refractivity contribution in [3.8, 4) is 5.75 Å². The fourth-order valence-electron chi connectivity index (χ4n) is 3.57. The number of fused-ring (bicyclic) bond motifs is 2. The smallest absolute Gasteiger partial charge is 0.248 e. The van der Waals surface area contributed by atoms with Crippen molar-refractivity contribution in [3.05, 3.63) is 58.3 Å². The molecule has 0 spiro atoms. The van der Waals surface area contributed by atoms with Crippen molar-refractivity contribution >= 4 is 49.7 Å². The minimum absolute atomic E-state index is 0.197. The Balaban J connectivity index is 1.66. The topological polar surface area (TPSA) is 64.4 Å². The molecule has 2 heterocycles. The van der Waals surface area contributed by atoms with Gasteiger partial charge in [-0.2, -0.15) is 0 Å². The van der Waals surface area contributed by atoms with Crippen LogP contribution < -0.4 is 10.1 Å². The molecule has 0 aliphatic heterocycles. The lowest BCUT2D eigenvalue weighted by Crippen LogP contribution is -2.08. The molecule has 6 heteroatoms. The number of allylic oxidation sites excluding steroid dienone is 1. The number of thiazole rings is 1. The first kappa shape index (κ1) is 19.2. The van der Waals surface area contributed by atoms with Crippen LogP contribution in [0.15, 0.2) is 41.0 Å². The molecule has 5 nitrogen and oxygen atoms in total. The third-order valence-electron chi connectivity index (χ3n) is 4.98. The predicted molar refractivity (Wildman–Crippen MR) is 119 cm³/mol. The highest BCUT2D eigenvalue weighted by Crippen LogP contribution is 2.37. The zero-order valence-electron chi connectivity index (χ0n) is 17.0. The highest BCUT2D eigenvalue weighted by Gasteiger charge is 2.17. The molecular formula is C23H22N2O3S. The second kappa shape index (κ2) is 7.37. The van der Waals surface area contributed by atoms with Crippen LogP contribution in [0.3, 0.4) is 0 Å². The predicted octanol–water partition coefficient (Wildman–Crippen LogP) is 6.02. The first-order valence-corrected chi connectivity index (χ1v) is 10.1. The number of aryl methyl sites for hydroxylation is 3. The summed E-state index contributed by atoms with van der Waals surface area (Å²) in [5.41, 5.74) is 6.09. The van der Waals surface area contributed by atoms with Crippen molar-refractivity contribution < 1.29 is 13.9 Å². The summed E-state index contributed by atoms with van der Waals surface area (Å²) in [4.78, 5) is 17.1. The van der Waals surface area contributed by atoms with Gasteiger partial charge in [-0.05, 0) is 63.1 Å². The number of anilines is 1.